The Morgan fingerprint density at radius 2 is 2.62 bits per heavy atom. The number of β-amino-alcohol motifs (C(OH)–C–C–N with tert-alkyl or cyclic N) is 1. The maximum absolute atomic E-state index is 8.77. The van der Waals surface area contributed by atoms with Crippen molar-refractivity contribution in [2.24, 2.45) is 5.84 Å². The largest absolute Gasteiger partial charge is 0.370 e. The number of hydrazine groups is 1. The van der Waals surface area contributed by atoms with E-state index in [1.807, 2.05) is 0 Å². The lowest BCUT2D eigenvalue weighted by atomic mass is 10.6. The zero-order valence-corrected chi connectivity index (χ0v) is 4.26. The highest BCUT2D eigenvalue weighted by molar-refractivity contribution is 5.78. The van der Waals surface area contributed by atoms with Gasteiger partial charge in [0.05, 0.1) is 6.54 Å². The number of hydrogen-bond donors (Lipinski definition) is 4. The second-order valence-corrected chi connectivity index (χ2v) is 1.62. The third-order valence-corrected chi connectivity index (χ3v) is 1.03. The van der Waals surface area contributed by atoms with Gasteiger partial charge < -0.3 is 10.4 Å². The number of nitrogens with one attached hydrogen (secondary N) is 2. The molecule has 0 aromatic heterocycles. The van der Waals surface area contributed by atoms with E-state index in [9.17, 15) is 0 Å². The van der Waals surface area contributed by atoms with Crippen molar-refractivity contribution in [3.05, 3.63) is 0 Å². The van der Waals surface area contributed by atoms with Gasteiger partial charge in [-0.05, 0) is 0 Å². The molecule has 0 radical (unpaired) electrons. The minimum absolute atomic E-state index is 0.0671. The van der Waals surface area contributed by atoms with E-state index in [1.54, 1.807) is 0 Å². The summed E-state index contributed by atoms with van der Waals surface area (Å²) in [7, 11) is 0. The summed E-state index contributed by atoms with van der Waals surface area (Å²) in [5.41, 5.74) is 0. The molecule has 1 atom stereocenters. The van der Waals surface area contributed by atoms with Crippen LogP contribution in [0.4, 0.5) is 0 Å². The zero-order chi connectivity index (χ0) is 6.15. The van der Waals surface area contributed by atoms with E-state index >= 15 is 0 Å². The van der Waals surface area contributed by atoms with Crippen molar-refractivity contribution in [2.45, 2.75) is 6.23 Å². The van der Waals surface area contributed by atoms with Crippen molar-refractivity contribution in [2.75, 3.05) is 6.54 Å². The van der Waals surface area contributed by atoms with Crippen LogP contribution in [0.2, 0.25) is 0 Å². The molecule has 5 N–H and O–H groups in total. The van der Waals surface area contributed by atoms with Gasteiger partial charge in [0.25, 0.3) is 0 Å². The third kappa shape index (κ3) is 0.613. The number of rotatable bonds is 0. The van der Waals surface area contributed by atoms with Crippen molar-refractivity contribution in [3.8, 4) is 0 Å². The number of aliphatic hydroxyl groups is 1. The van der Waals surface area contributed by atoms with Gasteiger partial charge in [-0.2, -0.15) is 0 Å². The van der Waals surface area contributed by atoms with Crippen LogP contribution in [0.3, 0.4) is 0 Å². The van der Waals surface area contributed by atoms with Crippen LogP contribution in [0.15, 0.2) is 0 Å². The van der Waals surface area contributed by atoms with E-state index in [1.165, 1.54) is 0 Å². The summed E-state index contributed by atoms with van der Waals surface area (Å²) in [6.45, 7) is 0.343. The molecule has 1 rings (SSSR count). The first-order chi connectivity index (χ1) is 3.72. The Labute approximate surface area is 46.6 Å². The van der Waals surface area contributed by atoms with Crippen molar-refractivity contribution in [1.82, 2.24) is 10.3 Å². The van der Waals surface area contributed by atoms with Crippen LogP contribution in [0.25, 0.3) is 0 Å². The molecule has 8 heavy (non-hydrogen) atoms. The molecular weight excluding hydrogens is 108 g/mol. The summed E-state index contributed by atoms with van der Waals surface area (Å²) < 4.78 is 0. The smallest absolute Gasteiger partial charge is 0.208 e. The molecule has 1 unspecified atom stereocenters. The lowest BCUT2D eigenvalue weighted by Gasteiger charge is -2.11. The van der Waals surface area contributed by atoms with Gasteiger partial charge in [-0.3, -0.25) is 10.4 Å². The van der Waals surface area contributed by atoms with Crippen molar-refractivity contribution in [3.63, 3.8) is 0 Å². The molecular formula is C3H8N4O. The van der Waals surface area contributed by atoms with E-state index in [4.69, 9.17) is 16.4 Å². The van der Waals surface area contributed by atoms with Crippen molar-refractivity contribution < 1.29 is 5.11 Å². The predicted octanol–water partition coefficient (Wildman–Crippen LogP) is -1.98. The summed E-state index contributed by atoms with van der Waals surface area (Å²) in [5.74, 6) is 5.19. The molecule has 5 nitrogen and oxygen atoms in total. The SMILES string of the molecule is N=C1NCC(O)N1N. The van der Waals surface area contributed by atoms with Crippen LogP contribution < -0.4 is 11.2 Å². The zero-order valence-electron chi connectivity index (χ0n) is 4.26. The third-order valence-electron chi connectivity index (χ3n) is 1.03. The first-order valence-electron chi connectivity index (χ1n) is 2.26. The molecule has 0 aromatic rings. The molecule has 0 bridgehead atoms. The fourth-order valence-electron chi connectivity index (χ4n) is 0.527. The number of aliphatic hydroxyl groups excluding tert-OH is 1. The van der Waals surface area contributed by atoms with Crippen LogP contribution in [-0.4, -0.2) is 28.8 Å². The second-order valence-electron chi connectivity index (χ2n) is 1.62. The number of nitrogens with two attached hydrogens (primary N) is 1. The van der Waals surface area contributed by atoms with E-state index in [0.717, 1.165) is 5.01 Å². The monoisotopic (exact) mass is 116 g/mol. The van der Waals surface area contributed by atoms with E-state index in [0.29, 0.717) is 6.54 Å². The summed E-state index contributed by atoms with van der Waals surface area (Å²) in [4.78, 5) is 0. The van der Waals surface area contributed by atoms with Gasteiger partial charge in [-0.25, -0.2) is 5.84 Å². The van der Waals surface area contributed by atoms with Crippen molar-refractivity contribution in [1.29, 1.82) is 5.41 Å². The van der Waals surface area contributed by atoms with Gasteiger partial charge in [-0.1, -0.05) is 0 Å². The number of hydrogen-bond acceptors (Lipinski definition) is 3. The Kier molecular flexibility index (Phi) is 1.07. The molecule has 0 aliphatic carbocycles. The Morgan fingerprint density at radius 3 is 2.75 bits per heavy atom. The van der Waals surface area contributed by atoms with Gasteiger partial charge in [0.15, 0.2) is 6.23 Å². The topological polar surface area (TPSA) is 85.4 Å². The summed E-state index contributed by atoms with van der Waals surface area (Å²) in [6, 6.07) is 0. The predicted molar refractivity (Wildman–Crippen MR) is 27.8 cm³/mol. The molecule has 5 heteroatoms. The average Bonchev–Trinajstić information content (AvgIpc) is 1.98. The van der Waals surface area contributed by atoms with E-state index in [2.05, 4.69) is 5.32 Å². The van der Waals surface area contributed by atoms with Gasteiger partial charge in [0.2, 0.25) is 5.96 Å². The molecule has 1 aliphatic rings. The molecule has 1 heterocycles. The van der Waals surface area contributed by atoms with Crippen LogP contribution in [0.1, 0.15) is 0 Å². The highest BCUT2D eigenvalue weighted by Gasteiger charge is 2.21. The van der Waals surface area contributed by atoms with Gasteiger partial charge in [0.1, 0.15) is 0 Å². The van der Waals surface area contributed by atoms with Crippen molar-refractivity contribution >= 4 is 5.96 Å². The van der Waals surface area contributed by atoms with E-state index < -0.39 is 6.23 Å². The lowest BCUT2D eigenvalue weighted by Crippen LogP contribution is -2.40. The second kappa shape index (κ2) is 1.61. The highest BCUT2D eigenvalue weighted by atomic mass is 16.3. The van der Waals surface area contributed by atoms with Gasteiger partial charge in [0, 0.05) is 0 Å². The lowest BCUT2D eigenvalue weighted by molar-refractivity contribution is 0.0783. The molecule has 0 saturated carbocycles. The summed E-state index contributed by atoms with van der Waals surface area (Å²) in [5, 5.41) is 19.2. The Morgan fingerprint density at radius 1 is 2.00 bits per heavy atom. The fraction of sp³-hybridized carbons (Fsp3) is 0.667. The maximum Gasteiger partial charge on any atom is 0.208 e. The maximum atomic E-state index is 8.77. The first kappa shape index (κ1) is 5.33. The van der Waals surface area contributed by atoms with Gasteiger partial charge >= 0.3 is 0 Å². The molecule has 1 fully saturated rings. The molecule has 0 amide bonds. The number of guanidine groups is 1. The Bertz CT molecular complexity index is 114. The number of nitrogens with zero attached hydrogens (tertiary/aromatic N) is 1. The standard InChI is InChI=1S/C3H8N4O/c4-3-6-1-2(8)7(3)5/h2,8H,1,5H2,(H2,4,6). The summed E-state index contributed by atoms with van der Waals surface area (Å²) in [6.07, 6.45) is -0.734. The minimum Gasteiger partial charge on any atom is -0.370 e. The molecule has 1 aliphatic heterocycles. The Balaban J connectivity index is 2.56. The normalized spacial score (nSPS) is 28.5. The van der Waals surface area contributed by atoms with Crippen LogP contribution in [0, 0.1) is 5.41 Å². The van der Waals surface area contributed by atoms with Crippen LogP contribution in [-0.2, 0) is 0 Å². The fourth-order valence-corrected chi connectivity index (χ4v) is 0.527. The average molecular weight is 116 g/mol. The molecule has 0 spiro atoms. The van der Waals surface area contributed by atoms with Crippen LogP contribution >= 0.6 is 0 Å². The quantitative estimate of drug-likeness (QED) is 0.276. The molecule has 1 saturated heterocycles. The molecule has 46 valence electrons. The Hall–Kier alpha value is -0.810. The molecule has 0 aromatic carbocycles. The van der Waals surface area contributed by atoms with Crippen LogP contribution in [0.5, 0.6) is 0 Å². The van der Waals surface area contributed by atoms with E-state index in [-0.39, 0.29) is 5.96 Å². The van der Waals surface area contributed by atoms with Gasteiger partial charge in [-0.15, -0.1) is 0 Å². The highest BCUT2D eigenvalue weighted by Crippen LogP contribution is 1.93. The minimum atomic E-state index is -0.734. The summed E-state index contributed by atoms with van der Waals surface area (Å²) >= 11 is 0. The first-order valence-corrected chi connectivity index (χ1v) is 2.26.